The van der Waals surface area contributed by atoms with Crippen LogP contribution in [0.2, 0.25) is 5.02 Å². The van der Waals surface area contributed by atoms with Crippen LogP contribution in [0.15, 0.2) is 30.7 Å². The third-order valence-corrected chi connectivity index (χ3v) is 3.40. The molecule has 19 heavy (non-hydrogen) atoms. The van der Waals surface area contributed by atoms with Gasteiger partial charge in [0.15, 0.2) is 6.29 Å². The highest BCUT2D eigenvalue weighted by Gasteiger charge is 2.25. The third-order valence-electron chi connectivity index (χ3n) is 3.16. The fourth-order valence-corrected chi connectivity index (χ4v) is 2.20. The van der Waals surface area contributed by atoms with Crippen molar-refractivity contribution in [3.63, 3.8) is 0 Å². The number of rotatable bonds is 5. The maximum absolute atomic E-state index is 11.0. The summed E-state index contributed by atoms with van der Waals surface area (Å²) in [6, 6.07) is 5.59. The quantitative estimate of drug-likeness (QED) is 0.787. The number of halogens is 1. The molecule has 0 bridgehead atoms. The van der Waals surface area contributed by atoms with Crippen LogP contribution < -0.4 is 4.74 Å². The second kappa shape index (κ2) is 5.05. The van der Waals surface area contributed by atoms with Crippen molar-refractivity contribution in [2.75, 3.05) is 0 Å². The number of ether oxygens (including phenoxy) is 1. The number of carbonyl (C=O) groups is 1. The molecule has 0 N–H and O–H groups in total. The summed E-state index contributed by atoms with van der Waals surface area (Å²) in [6.45, 7) is 0.402. The van der Waals surface area contributed by atoms with E-state index in [4.69, 9.17) is 16.3 Å². The van der Waals surface area contributed by atoms with E-state index in [2.05, 4.69) is 9.55 Å². The van der Waals surface area contributed by atoms with E-state index in [1.54, 1.807) is 24.4 Å². The van der Waals surface area contributed by atoms with Crippen LogP contribution in [0.1, 0.15) is 34.9 Å². The summed E-state index contributed by atoms with van der Waals surface area (Å²) in [7, 11) is 0. The predicted molar refractivity (Wildman–Crippen MR) is 71.7 cm³/mol. The molecule has 1 fully saturated rings. The Labute approximate surface area is 116 Å². The standard InChI is InChI=1S/C14H13ClN2O2/c15-11-1-4-14(10(5-11)7-18)19-8-13-6-16-9-17(13)12-2-3-12/h1,4-7,9,12H,2-3,8H2. The molecule has 0 radical (unpaired) electrons. The molecular weight excluding hydrogens is 264 g/mol. The van der Waals surface area contributed by atoms with Gasteiger partial charge >= 0.3 is 0 Å². The number of benzene rings is 1. The van der Waals surface area contributed by atoms with Crippen LogP contribution in [-0.2, 0) is 6.61 Å². The summed E-state index contributed by atoms with van der Waals surface area (Å²) >= 11 is 5.84. The molecule has 0 saturated heterocycles. The largest absolute Gasteiger partial charge is 0.487 e. The lowest BCUT2D eigenvalue weighted by atomic mass is 10.2. The van der Waals surface area contributed by atoms with Gasteiger partial charge in [0.05, 0.1) is 23.8 Å². The Morgan fingerprint density at radius 1 is 1.47 bits per heavy atom. The lowest BCUT2D eigenvalue weighted by Crippen LogP contribution is -2.04. The smallest absolute Gasteiger partial charge is 0.153 e. The molecule has 0 unspecified atom stereocenters. The topological polar surface area (TPSA) is 44.1 Å². The highest BCUT2D eigenvalue weighted by atomic mass is 35.5. The molecule has 0 amide bonds. The fraction of sp³-hybridized carbons (Fsp3) is 0.286. The number of nitrogens with zero attached hydrogens (tertiary/aromatic N) is 2. The highest BCUT2D eigenvalue weighted by Crippen LogP contribution is 2.35. The van der Waals surface area contributed by atoms with Crippen molar-refractivity contribution >= 4 is 17.9 Å². The molecule has 1 aliphatic carbocycles. The minimum absolute atomic E-state index is 0.402. The van der Waals surface area contributed by atoms with Gasteiger partial charge in [0.2, 0.25) is 0 Å². The number of hydrogen-bond acceptors (Lipinski definition) is 3. The van der Waals surface area contributed by atoms with E-state index in [0.717, 1.165) is 12.0 Å². The van der Waals surface area contributed by atoms with Gasteiger partial charge in [-0.15, -0.1) is 0 Å². The van der Waals surface area contributed by atoms with Crippen LogP contribution in [-0.4, -0.2) is 15.8 Å². The first-order chi connectivity index (χ1) is 9.28. The number of hydrogen-bond donors (Lipinski definition) is 0. The zero-order valence-corrected chi connectivity index (χ0v) is 11.0. The maximum Gasteiger partial charge on any atom is 0.153 e. The van der Waals surface area contributed by atoms with E-state index < -0.39 is 0 Å². The average Bonchev–Trinajstić information content (AvgIpc) is 3.16. The summed E-state index contributed by atoms with van der Waals surface area (Å²) in [4.78, 5) is 15.1. The number of aromatic nitrogens is 2. The van der Waals surface area contributed by atoms with E-state index in [9.17, 15) is 4.79 Å². The van der Waals surface area contributed by atoms with Gasteiger partial charge < -0.3 is 9.30 Å². The SMILES string of the molecule is O=Cc1cc(Cl)ccc1OCc1cncn1C1CC1. The molecule has 98 valence electrons. The first-order valence-corrected chi connectivity index (χ1v) is 6.54. The summed E-state index contributed by atoms with van der Waals surface area (Å²) in [6.07, 6.45) is 6.78. The van der Waals surface area contributed by atoms with E-state index >= 15 is 0 Å². The first kappa shape index (κ1) is 12.2. The minimum Gasteiger partial charge on any atom is -0.487 e. The van der Waals surface area contributed by atoms with Crippen LogP contribution in [0.5, 0.6) is 5.75 Å². The van der Waals surface area contributed by atoms with Crippen LogP contribution >= 0.6 is 11.6 Å². The molecule has 0 spiro atoms. The Kier molecular flexibility index (Phi) is 3.25. The van der Waals surface area contributed by atoms with Gasteiger partial charge in [-0.3, -0.25) is 4.79 Å². The van der Waals surface area contributed by atoms with Crippen LogP contribution in [0.4, 0.5) is 0 Å². The fourth-order valence-electron chi connectivity index (χ4n) is 2.02. The maximum atomic E-state index is 11.0. The highest BCUT2D eigenvalue weighted by molar-refractivity contribution is 6.30. The van der Waals surface area contributed by atoms with Crippen molar-refractivity contribution in [2.24, 2.45) is 0 Å². The van der Waals surface area contributed by atoms with E-state index in [0.29, 0.717) is 29.0 Å². The molecule has 1 heterocycles. The van der Waals surface area contributed by atoms with Crippen molar-refractivity contribution in [3.8, 4) is 5.75 Å². The summed E-state index contributed by atoms with van der Waals surface area (Å²) in [5.74, 6) is 0.544. The molecule has 2 aromatic rings. The second-order valence-electron chi connectivity index (χ2n) is 4.61. The Morgan fingerprint density at radius 2 is 2.32 bits per heavy atom. The molecule has 0 atom stereocenters. The molecule has 1 saturated carbocycles. The lowest BCUT2D eigenvalue weighted by molar-refractivity contribution is 0.111. The van der Waals surface area contributed by atoms with Crippen molar-refractivity contribution < 1.29 is 9.53 Å². The van der Waals surface area contributed by atoms with E-state index in [1.165, 1.54) is 12.8 Å². The van der Waals surface area contributed by atoms with Crippen LogP contribution in [0, 0.1) is 0 Å². The number of imidazole rings is 1. The van der Waals surface area contributed by atoms with Gasteiger partial charge in [-0.25, -0.2) is 4.98 Å². The van der Waals surface area contributed by atoms with Crippen molar-refractivity contribution in [1.29, 1.82) is 0 Å². The van der Waals surface area contributed by atoms with E-state index in [-0.39, 0.29) is 0 Å². The average molecular weight is 277 g/mol. The van der Waals surface area contributed by atoms with Crippen molar-refractivity contribution in [3.05, 3.63) is 47.0 Å². The molecule has 1 aromatic carbocycles. The van der Waals surface area contributed by atoms with Gasteiger partial charge in [-0.2, -0.15) is 0 Å². The van der Waals surface area contributed by atoms with Crippen molar-refractivity contribution in [1.82, 2.24) is 9.55 Å². The molecular formula is C14H13ClN2O2. The first-order valence-electron chi connectivity index (χ1n) is 6.16. The Morgan fingerprint density at radius 3 is 3.05 bits per heavy atom. The second-order valence-corrected chi connectivity index (χ2v) is 5.05. The Bertz CT molecular complexity index is 605. The Balaban J connectivity index is 1.75. The molecule has 5 heteroatoms. The normalized spacial score (nSPS) is 14.4. The zero-order chi connectivity index (χ0) is 13.2. The Hall–Kier alpha value is -1.81. The van der Waals surface area contributed by atoms with Crippen molar-refractivity contribution in [2.45, 2.75) is 25.5 Å². The predicted octanol–water partition coefficient (Wildman–Crippen LogP) is 3.26. The van der Waals surface area contributed by atoms with E-state index in [1.807, 2.05) is 6.33 Å². The third kappa shape index (κ3) is 2.63. The summed E-state index contributed by atoms with van der Waals surface area (Å²) < 4.78 is 7.83. The summed E-state index contributed by atoms with van der Waals surface area (Å²) in [5.41, 5.74) is 1.49. The van der Waals surface area contributed by atoms with Gasteiger partial charge in [-0.05, 0) is 31.0 Å². The van der Waals surface area contributed by atoms with Gasteiger partial charge in [-0.1, -0.05) is 11.6 Å². The molecule has 1 aliphatic rings. The van der Waals surface area contributed by atoms with Crippen LogP contribution in [0.3, 0.4) is 0 Å². The molecule has 1 aromatic heterocycles. The monoisotopic (exact) mass is 276 g/mol. The van der Waals surface area contributed by atoms with Gasteiger partial charge in [0, 0.05) is 11.1 Å². The van der Waals surface area contributed by atoms with Gasteiger partial charge in [0.25, 0.3) is 0 Å². The van der Waals surface area contributed by atoms with Crippen LogP contribution in [0.25, 0.3) is 0 Å². The number of aldehydes is 1. The molecule has 0 aliphatic heterocycles. The number of carbonyl (C=O) groups excluding carboxylic acids is 1. The molecule has 3 rings (SSSR count). The minimum atomic E-state index is 0.402. The molecule has 4 nitrogen and oxygen atoms in total. The zero-order valence-electron chi connectivity index (χ0n) is 10.3. The van der Waals surface area contributed by atoms with Gasteiger partial charge in [0.1, 0.15) is 12.4 Å². The lowest BCUT2D eigenvalue weighted by Gasteiger charge is -2.10. The summed E-state index contributed by atoms with van der Waals surface area (Å²) in [5, 5.41) is 0.525.